The lowest BCUT2D eigenvalue weighted by Crippen LogP contribution is -2.11. The minimum atomic E-state index is -0.453. The maximum Gasteiger partial charge on any atom is 0.309 e. The summed E-state index contributed by atoms with van der Waals surface area (Å²) in [5.41, 5.74) is 8.02. The maximum absolute atomic E-state index is 13.0. The summed E-state index contributed by atoms with van der Waals surface area (Å²) < 4.78 is 18.3. The second-order valence-electron chi connectivity index (χ2n) is 10.3. The molecule has 0 fully saturated rings. The molecular weight excluding hydrogens is 530 g/mol. The highest BCUT2D eigenvalue weighted by atomic mass is 16.7. The minimum absolute atomic E-state index is 0.141. The zero-order valence-electron chi connectivity index (χ0n) is 23.7. The molecule has 1 aliphatic heterocycles. The van der Waals surface area contributed by atoms with E-state index in [1.807, 2.05) is 81.4 Å². The van der Waals surface area contributed by atoms with Gasteiger partial charge < -0.3 is 19.5 Å². The second-order valence-corrected chi connectivity index (χ2v) is 10.3. The number of nitrogens with zero attached hydrogens (tertiary/aromatic N) is 2. The van der Waals surface area contributed by atoms with Crippen LogP contribution in [0.2, 0.25) is 0 Å². The number of esters is 1. The smallest absolute Gasteiger partial charge is 0.309 e. The first kappa shape index (κ1) is 26.8. The molecule has 0 saturated carbocycles. The van der Waals surface area contributed by atoms with Crippen molar-refractivity contribution in [2.45, 2.75) is 27.7 Å². The summed E-state index contributed by atoms with van der Waals surface area (Å²) in [5, 5.41) is 7.94. The molecule has 1 amide bonds. The van der Waals surface area contributed by atoms with Crippen LogP contribution in [0.1, 0.15) is 34.0 Å². The Morgan fingerprint density at radius 2 is 1.60 bits per heavy atom. The van der Waals surface area contributed by atoms with Gasteiger partial charge >= 0.3 is 5.97 Å². The Labute approximate surface area is 243 Å². The number of amides is 1. The van der Waals surface area contributed by atoms with Crippen molar-refractivity contribution in [2.24, 2.45) is 0 Å². The van der Waals surface area contributed by atoms with Crippen LogP contribution < -0.4 is 19.5 Å². The molecule has 0 spiro atoms. The zero-order valence-corrected chi connectivity index (χ0v) is 23.7. The summed E-state index contributed by atoms with van der Waals surface area (Å²) in [4.78, 5) is 25.3. The van der Waals surface area contributed by atoms with E-state index < -0.39 is 5.97 Å². The maximum atomic E-state index is 13.0. The third kappa shape index (κ3) is 5.22. The lowest BCUT2D eigenvalue weighted by molar-refractivity contribution is -0.132. The number of carbonyl (C=O) groups excluding carboxylic acids is 2. The topological polar surface area (TPSA) is 91.7 Å². The Bertz CT molecular complexity index is 1840. The van der Waals surface area contributed by atoms with Gasteiger partial charge in [0.2, 0.25) is 12.7 Å². The summed E-state index contributed by atoms with van der Waals surface area (Å²) in [7, 11) is 0. The Hall–Kier alpha value is -5.37. The van der Waals surface area contributed by atoms with Gasteiger partial charge in [0.15, 0.2) is 11.5 Å². The Kier molecular flexibility index (Phi) is 6.96. The predicted molar refractivity (Wildman–Crippen MR) is 160 cm³/mol. The number of hydrogen-bond donors (Lipinski definition) is 1. The number of fused-ring (bicyclic) bond motifs is 1. The van der Waals surface area contributed by atoms with Crippen LogP contribution in [-0.4, -0.2) is 28.4 Å². The molecule has 0 aliphatic carbocycles. The molecule has 1 aliphatic rings. The number of benzene rings is 4. The van der Waals surface area contributed by atoms with Crippen molar-refractivity contribution in [3.8, 4) is 45.5 Å². The van der Waals surface area contributed by atoms with Crippen molar-refractivity contribution in [3.63, 3.8) is 0 Å². The van der Waals surface area contributed by atoms with E-state index in [1.165, 1.54) is 6.92 Å². The molecule has 2 heterocycles. The molecule has 42 heavy (non-hydrogen) atoms. The molecule has 8 nitrogen and oxygen atoms in total. The van der Waals surface area contributed by atoms with E-state index >= 15 is 0 Å². The number of rotatable bonds is 6. The Balaban J connectivity index is 1.43. The third-order valence-electron chi connectivity index (χ3n) is 7.03. The van der Waals surface area contributed by atoms with Gasteiger partial charge in [0.05, 0.1) is 11.3 Å². The number of aromatic nitrogens is 2. The summed E-state index contributed by atoms with van der Waals surface area (Å²) >= 11 is 0. The van der Waals surface area contributed by atoms with Crippen molar-refractivity contribution >= 4 is 17.6 Å². The average Bonchev–Trinajstić information content (AvgIpc) is 3.59. The highest BCUT2D eigenvalue weighted by Gasteiger charge is 2.25. The van der Waals surface area contributed by atoms with E-state index in [9.17, 15) is 9.59 Å². The van der Waals surface area contributed by atoms with Crippen molar-refractivity contribution in [3.05, 3.63) is 107 Å². The number of ether oxygens (including phenoxy) is 3. The van der Waals surface area contributed by atoms with Gasteiger partial charge in [-0.05, 0) is 79.9 Å². The van der Waals surface area contributed by atoms with E-state index in [4.69, 9.17) is 19.3 Å². The van der Waals surface area contributed by atoms with E-state index in [0.717, 1.165) is 33.5 Å². The summed E-state index contributed by atoms with van der Waals surface area (Å²) in [6.45, 7) is 7.55. The van der Waals surface area contributed by atoms with Crippen molar-refractivity contribution in [1.82, 2.24) is 9.78 Å². The number of hydrogen-bond acceptors (Lipinski definition) is 6. The largest absolute Gasteiger partial charge is 0.454 e. The van der Waals surface area contributed by atoms with Crippen LogP contribution in [0.3, 0.4) is 0 Å². The molecular formula is C34H29N3O5. The van der Waals surface area contributed by atoms with Crippen LogP contribution in [0.25, 0.3) is 28.1 Å². The molecule has 6 rings (SSSR count). The van der Waals surface area contributed by atoms with Gasteiger partial charge in [0, 0.05) is 23.7 Å². The average molecular weight is 560 g/mol. The zero-order chi connectivity index (χ0) is 29.4. The molecule has 8 heteroatoms. The lowest BCUT2D eigenvalue weighted by atomic mass is 9.99. The first-order valence-electron chi connectivity index (χ1n) is 13.5. The van der Waals surface area contributed by atoms with Crippen molar-refractivity contribution in [1.29, 1.82) is 0 Å². The fraction of sp³-hybridized carbons (Fsp3) is 0.147. The van der Waals surface area contributed by atoms with Crippen LogP contribution in [0.4, 0.5) is 5.69 Å². The Morgan fingerprint density at radius 3 is 2.36 bits per heavy atom. The van der Waals surface area contributed by atoms with Gasteiger partial charge in [0.1, 0.15) is 5.69 Å². The molecule has 0 radical (unpaired) electrons. The number of nitrogens with one attached hydrogen (secondary N) is 1. The fourth-order valence-corrected chi connectivity index (χ4v) is 4.96. The standard InChI is InChI=1S/C34H29N3O5/c1-20-6-5-7-25(16-20)32-31(34(42-23(4)38)37(36-32)28-17-21(2)8-9-22(28)3)24-10-13-27(14-11-24)35-33(39)26-12-15-29-30(18-26)41-19-40-29/h5-18H,19H2,1-4H3,(H,35,39). The van der Waals surface area contributed by atoms with Gasteiger partial charge in [-0.2, -0.15) is 9.78 Å². The highest BCUT2D eigenvalue weighted by molar-refractivity contribution is 6.05. The van der Waals surface area contributed by atoms with Gasteiger partial charge in [0.25, 0.3) is 5.91 Å². The van der Waals surface area contributed by atoms with E-state index in [1.54, 1.807) is 22.9 Å². The van der Waals surface area contributed by atoms with Crippen LogP contribution in [0.15, 0.2) is 84.9 Å². The molecule has 0 bridgehead atoms. The van der Waals surface area contributed by atoms with Crippen LogP contribution >= 0.6 is 0 Å². The van der Waals surface area contributed by atoms with E-state index in [2.05, 4.69) is 11.4 Å². The number of aryl methyl sites for hydroxylation is 3. The van der Waals surface area contributed by atoms with Gasteiger partial charge in [-0.15, -0.1) is 0 Å². The molecule has 210 valence electrons. The first-order valence-corrected chi connectivity index (χ1v) is 13.5. The van der Waals surface area contributed by atoms with Gasteiger partial charge in [-0.3, -0.25) is 9.59 Å². The van der Waals surface area contributed by atoms with Crippen molar-refractivity contribution in [2.75, 3.05) is 12.1 Å². The summed E-state index contributed by atoms with van der Waals surface area (Å²) in [6, 6.07) is 26.6. The normalized spacial score (nSPS) is 11.8. The highest BCUT2D eigenvalue weighted by Crippen LogP contribution is 2.42. The van der Waals surface area contributed by atoms with Gasteiger partial charge in [-0.25, -0.2) is 0 Å². The first-order chi connectivity index (χ1) is 20.3. The quantitative estimate of drug-likeness (QED) is 0.225. The molecule has 1 aromatic heterocycles. The SMILES string of the molecule is CC(=O)Oc1c(-c2ccc(NC(=O)c3ccc4c(c3)OCO4)cc2)c(-c2cccc(C)c2)nn1-c1cc(C)ccc1C. The summed E-state index contributed by atoms with van der Waals surface area (Å²) in [5.74, 6) is 0.756. The third-order valence-corrected chi connectivity index (χ3v) is 7.03. The molecule has 0 atom stereocenters. The summed E-state index contributed by atoms with van der Waals surface area (Å²) in [6.07, 6.45) is 0. The van der Waals surface area contributed by atoms with Crippen LogP contribution in [0.5, 0.6) is 17.4 Å². The molecule has 5 aromatic rings. The van der Waals surface area contributed by atoms with E-state index in [-0.39, 0.29) is 12.7 Å². The molecule has 0 unspecified atom stereocenters. The number of anilines is 1. The molecule has 1 N–H and O–H groups in total. The molecule has 4 aromatic carbocycles. The monoisotopic (exact) mass is 559 g/mol. The van der Waals surface area contributed by atoms with Gasteiger partial charge in [-0.1, -0.05) is 48.0 Å². The second kappa shape index (κ2) is 10.9. The number of carbonyl (C=O) groups is 2. The predicted octanol–water partition coefficient (Wildman–Crippen LogP) is 7.04. The van der Waals surface area contributed by atoms with Crippen LogP contribution in [0, 0.1) is 20.8 Å². The molecule has 0 saturated heterocycles. The lowest BCUT2D eigenvalue weighted by Gasteiger charge is -2.12. The van der Waals surface area contributed by atoms with E-state index in [0.29, 0.717) is 39.9 Å². The van der Waals surface area contributed by atoms with Crippen LogP contribution in [-0.2, 0) is 4.79 Å². The fourth-order valence-electron chi connectivity index (χ4n) is 4.96. The Morgan fingerprint density at radius 1 is 0.833 bits per heavy atom. The minimum Gasteiger partial charge on any atom is -0.454 e. The van der Waals surface area contributed by atoms with Crippen molar-refractivity contribution < 1.29 is 23.8 Å².